The van der Waals surface area contributed by atoms with E-state index in [1.165, 1.54) is 12.8 Å². The molecule has 0 amide bonds. The zero-order chi connectivity index (χ0) is 5.82. The number of epoxide rings is 1. The Morgan fingerprint density at radius 1 is 1.75 bits per heavy atom. The van der Waals surface area contributed by atoms with Crippen LogP contribution in [-0.2, 0) is 4.74 Å². The maximum Gasteiger partial charge on any atom is 0.0812 e. The Kier molecular flexibility index (Phi) is 2.10. The average Bonchev–Trinajstić information content (AvgIpc) is 2.51. The first-order valence-corrected chi connectivity index (χ1v) is 3.16. The summed E-state index contributed by atoms with van der Waals surface area (Å²) in [5.41, 5.74) is 0. The predicted molar refractivity (Wildman–Crippen MR) is 33.8 cm³/mol. The second-order valence-corrected chi connectivity index (χ2v) is 2.10. The Morgan fingerprint density at radius 2 is 2.50 bits per heavy atom. The number of hydrogen-bond donors (Lipinski definition) is 0. The Hall–Kier alpha value is -0.300. The molecule has 0 unspecified atom stereocenters. The van der Waals surface area contributed by atoms with E-state index in [0.29, 0.717) is 6.10 Å². The van der Waals surface area contributed by atoms with Crippen LogP contribution >= 0.6 is 0 Å². The summed E-state index contributed by atoms with van der Waals surface area (Å²) in [6.45, 7) is 3.05. The number of hydrogen-bond acceptors (Lipinski definition) is 1. The molecule has 1 nitrogen and oxygen atoms in total. The largest absolute Gasteiger partial charge is 0.373 e. The Labute approximate surface area is 50.3 Å². The van der Waals surface area contributed by atoms with Crippen LogP contribution in [-0.4, -0.2) is 12.7 Å². The van der Waals surface area contributed by atoms with Crippen LogP contribution in [0.15, 0.2) is 12.2 Å². The van der Waals surface area contributed by atoms with Gasteiger partial charge in [0, 0.05) is 0 Å². The summed E-state index contributed by atoms with van der Waals surface area (Å²) in [6, 6.07) is 0. The van der Waals surface area contributed by atoms with Gasteiger partial charge in [0.25, 0.3) is 0 Å². The van der Waals surface area contributed by atoms with Gasteiger partial charge >= 0.3 is 0 Å². The zero-order valence-corrected chi connectivity index (χ0v) is 5.26. The summed E-state index contributed by atoms with van der Waals surface area (Å²) in [7, 11) is 0. The summed E-state index contributed by atoms with van der Waals surface area (Å²) in [4.78, 5) is 0. The van der Waals surface area contributed by atoms with Gasteiger partial charge in [0.15, 0.2) is 0 Å². The molecule has 0 aromatic rings. The van der Waals surface area contributed by atoms with Crippen LogP contribution < -0.4 is 0 Å². The molecule has 0 aromatic carbocycles. The molecule has 1 saturated heterocycles. The Bertz CT molecular complexity index is 82.4. The van der Waals surface area contributed by atoms with Crippen molar-refractivity contribution in [3.8, 4) is 0 Å². The quantitative estimate of drug-likeness (QED) is 0.400. The molecule has 8 heavy (non-hydrogen) atoms. The highest BCUT2D eigenvalue weighted by Crippen LogP contribution is 2.15. The lowest BCUT2D eigenvalue weighted by Gasteiger charge is -1.84. The molecule has 0 aliphatic carbocycles. The van der Waals surface area contributed by atoms with Crippen LogP contribution in [0.3, 0.4) is 0 Å². The molecule has 0 N–H and O–H groups in total. The van der Waals surface area contributed by atoms with Crippen molar-refractivity contribution in [3.05, 3.63) is 12.2 Å². The minimum Gasteiger partial charge on any atom is -0.373 e. The Morgan fingerprint density at radius 3 is 3.00 bits per heavy atom. The summed E-state index contributed by atoms with van der Waals surface area (Å²) in [6.07, 6.45) is 7.27. The number of rotatable bonds is 3. The lowest BCUT2D eigenvalue weighted by atomic mass is 10.2. The van der Waals surface area contributed by atoms with E-state index in [1.807, 2.05) is 6.92 Å². The first kappa shape index (κ1) is 5.83. The number of ether oxygens (including phenoxy) is 1. The first-order valence-electron chi connectivity index (χ1n) is 3.16. The molecule has 0 bridgehead atoms. The highest BCUT2D eigenvalue weighted by Gasteiger charge is 2.20. The summed E-state index contributed by atoms with van der Waals surface area (Å²) in [5, 5.41) is 0. The molecule has 1 aliphatic rings. The number of allylic oxidation sites excluding steroid dienone is 2. The fourth-order valence-corrected chi connectivity index (χ4v) is 0.683. The van der Waals surface area contributed by atoms with Gasteiger partial charge in [0.1, 0.15) is 0 Å². The maximum atomic E-state index is 5.02. The average molecular weight is 112 g/mol. The SMILES string of the molecule is C/C=C/CC[C@H]1CO1. The van der Waals surface area contributed by atoms with E-state index in [-0.39, 0.29) is 0 Å². The summed E-state index contributed by atoms with van der Waals surface area (Å²) >= 11 is 0. The van der Waals surface area contributed by atoms with Gasteiger partial charge in [-0.3, -0.25) is 0 Å². The van der Waals surface area contributed by atoms with Gasteiger partial charge in [-0.15, -0.1) is 0 Å². The molecular formula is C7H12O. The second kappa shape index (κ2) is 2.88. The molecule has 1 rings (SSSR count). The highest BCUT2D eigenvalue weighted by molar-refractivity contribution is 4.80. The third-order valence-electron chi connectivity index (χ3n) is 1.29. The predicted octanol–water partition coefficient (Wildman–Crippen LogP) is 1.74. The minimum absolute atomic E-state index is 0.603. The monoisotopic (exact) mass is 112 g/mol. The molecule has 1 atom stereocenters. The van der Waals surface area contributed by atoms with Crippen LogP contribution in [0.25, 0.3) is 0 Å². The van der Waals surface area contributed by atoms with Crippen LogP contribution in [0.4, 0.5) is 0 Å². The van der Waals surface area contributed by atoms with Gasteiger partial charge in [-0.05, 0) is 19.8 Å². The normalized spacial score (nSPS) is 26.9. The van der Waals surface area contributed by atoms with E-state index >= 15 is 0 Å². The third kappa shape index (κ3) is 2.12. The summed E-state index contributed by atoms with van der Waals surface area (Å²) < 4.78 is 5.02. The van der Waals surface area contributed by atoms with Crippen LogP contribution in [0.1, 0.15) is 19.8 Å². The Balaban J connectivity index is 1.88. The molecule has 0 saturated carbocycles. The van der Waals surface area contributed by atoms with E-state index in [9.17, 15) is 0 Å². The fourth-order valence-electron chi connectivity index (χ4n) is 0.683. The van der Waals surface area contributed by atoms with Crippen molar-refractivity contribution in [2.45, 2.75) is 25.9 Å². The van der Waals surface area contributed by atoms with Gasteiger partial charge in [-0.2, -0.15) is 0 Å². The zero-order valence-electron chi connectivity index (χ0n) is 5.26. The van der Waals surface area contributed by atoms with E-state index in [1.54, 1.807) is 0 Å². The van der Waals surface area contributed by atoms with E-state index in [2.05, 4.69) is 12.2 Å². The van der Waals surface area contributed by atoms with Crippen molar-refractivity contribution in [1.29, 1.82) is 0 Å². The van der Waals surface area contributed by atoms with Crippen molar-refractivity contribution in [3.63, 3.8) is 0 Å². The van der Waals surface area contributed by atoms with Gasteiger partial charge in [-0.1, -0.05) is 12.2 Å². The maximum absolute atomic E-state index is 5.02. The minimum atomic E-state index is 0.603. The molecule has 1 heterocycles. The lowest BCUT2D eigenvalue weighted by molar-refractivity contribution is 0.398. The van der Waals surface area contributed by atoms with E-state index in [4.69, 9.17) is 4.74 Å². The van der Waals surface area contributed by atoms with E-state index in [0.717, 1.165) is 6.61 Å². The highest BCUT2D eigenvalue weighted by atomic mass is 16.6. The molecule has 1 heteroatoms. The van der Waals surface area contributed by atoms with Crippen molar-refractivity contribution in [1.82, 2.24) is 0 Å². The molecule has 0 spiro atoms. The van der Waals surface area contributed by atoms with Crippen molar-refractivity contribution in [2.24, 2.45) is 0 Å². The molecule has 0 aromatic heterocycles. The molecule has 1 fully saturated rings. The molecule has 0 radical (unpaired) electrons. The second-order valence-electron chi connectivity index (χ2n) is 2.10. The van der Waals surface area contributed by atoms with Gasteiger partial charge in [-0.25, -0.2) is 0 Å². The fraction of sp³-hybridized carbons (Fsp3) is 0.714. The smallest absolute Gasteiger partial charge is 0.0812 e. The van der Waals surface area contributed by atoms with Crippen LogP contribution in [0, 0.1) is 0 Å². The van der Waals surface area contributed by atoms with Gasteiger partial charge < -0.3 is 4.74 Å². The van der Waals surface area contributed by atoms with E-state index < -0.39 is 0 Å². The van der Waals surface area contributed by atoms with Gasteiger partial charge in [0.2, 0.25) is 0 Å². The van der Waals surface area contributed by atoms with Crippen LogP contribution in [0.5, 0.6) is 0 Å². The summed E-state index contributed by atoms with van der Waals surface area (Å²) in [5.74, 6) is 0. The molecule has 46 valence electrons. The lowest BCUT2D eigenvalue weighted by Crippen LogP contribution is -1.80. The van der Waals surface area contributed by atoms with Gasteiger partial charge in [0.05, 0.1) is 12.7 Å². The van der Waals surface area contributed by atoms with Crippen molar-refractivity contribution < 1.29 is 4.74 Å². The topological polar surface area (TPSA) is 12.5 Å². The van der Waals surface area contributed by atoms with Crippen molar-refractivity contribution >= 4 is 0 Å². The van der Waals surface area contributed by atoms with Crippen molar-refractivity contribution in [2.75, 3.05) is 6.61 Å². The first-order chi connectivity index (χ1) is 3.93. The van der Waals surface area contributed by atoms with Crippen LogP contribution in [0.2, 0.25) is 0 Å². The third-order valence-corrected chi connectivity index (χ3v) is 1.29. The standard InChI is InChI=1S/C7H12O/c1-2-3-4-5-7-6-8-7/h2-3,7H,4-6H2,1H3/b3-2+/t7-/m0/s1. The molecule has 1 aliphatic heterocycles. The molecular weight excluding hydrogens is 100 g/mol.